The van der Waals surface area contributed by atoms with Crippen molar-refractivity contribution in [1.29, 1.82) is 0 Å². The highest BCUT2D eigenvalue weighted by Crippen LogP contribution is 2.07. The summed E-state index contributed by atoms with van der Waals surface area (Å²) in [4.78, 5) is 0. The minimum absolute atomic E-state index is 0.239. The minimum atomic E-state index is -0.239. The molecule has 2 aromatic rings. The Morgan fingerprint density at radius 3 is 1.95 bits per heavy atom. The van der Waals surface area contributed by atoms with Crippen molar-refractivity contribution in [2.24, 2.45) is 0 Å². The predicted octanol–water partition coefficient (Wildman–Crippen LogP) is 4.34. The second-order valence-electron chi connectivity index (χ2n) is 4.28. The summed E-state index contributed by atoms with van der Waals surface area (Å²) in [7, 11) is 0. The molecule has 0 aliphatic heterocycles. The molecule has 0 aliphatic rings. The van der Waals surface area contributed by atoms with E-state index in [4.69, 9.17) is 0 Å². The van der Waals surface area contributed by atoms with E-state index in [1.54, 1.807) is 12.1 Å². The molecule has 0 nitrogen and oxygen atoms in total. The van der Waals surface area contributed by atoms with Gasteiger partial charge in [0.25, 0.3) is 0 Å². The zero-order valence-electron chi connectivity index (χ0n) is 10.7. The third-order valence-corrected chi connectivity index (χ3v) is 2.79. The van der Waals surface area contributed by atoms with E-state index in [2.05, 4.69) is 30.6 Å². The van der Waals surface area contributed by atoms with Crippen molar-refractivity contribution in [3.63, 3.8) is 0 Å². The first-order chi connectivity index (χ1) is 9.28. The summed E-state index contributed by atoms with van der Waals surface area (Å²) in [6.07, 6.45) is 3.91. The van der Waals surface area contributed by atoms with Gasteiger partial charge in [-0.15, -0.1) is 6.58 Å². The molecule has 0 unspecified atom stereocenters. The van der Waals surface area contributed by atoms with E-state index in [0.717, 1.165) is 24.0 Å². The molecule has 2 rings (SSSR count). The summed E-state index contributed by atoms with van der Waals surface area (Å²) < 4.78 is 12.7. The smallest absolute Gasteiger partial charge is 0.123 e. The molecule has 2 aromatic carbocycles. The molecule has 0 fully saturated rings. The van der Waals surface area contributed by atoms with Crippen LogP contribution in [0.3, 0.4) is 0 Å². The van der Waals surface area contributed by atoms with Crippen LogP contribution in [0.2, 0.25) is 0 Å². The summed E-state index contributed by atoms with van der Waals surface area (Å²) >= 11 is 0. The molecule has 0 aliphatic carbocycles. The molecular weight excluding hydrogens is 235 g/mol. The van der Waals surface area contributed by atoms with Crippen molar-refractivity contribution in [3.8, 4) is 11.8 Å². The van der Waals surface area contributed by atoms with Gasteiger partial charge < -0.3 is 0 Å². The summed E-state index contributed by atoms with van der Waals surface area (Å²) in [5, 5.41) is 0. The van der Waals surface area contributed by atoms with Crippen LogP contribution in [0.4, 0.5) is 4.39 Å². The van der Waals surface area contributed by atoms with Gasteiger partial charge in [0.1, 0.15) is 5.82 Å². The van der Waals surface area contributed by atoms with E-state index in [-0.39, 0.29) is 5.82 Å². The molecule has 0 spiro atoms. The van der Waals surface area contributed by atoms with Gasteiger partial charge in [-0.25, -0.2) is 4.39 Å². The average molecular weight is 250 g/mol. The highest BCUT2D eigenvalue weighted by Gasteiger charge is 1.92. The Hall–Kier alpha value is -2.33. The number of rotatable bonds is 3. The Bertz CT molecular complexity index is 595. The first-order valence-electron chi connectivity index (χ1n) is 6.25. The van der Waals surface area contributed by atoms with Crippen LogP contribution >= 0.6 is 0 Å². The maximum Gasteiger partial charge on any atom is 0.123 e. The van der Waals surface area contributed by atoms with Crippen molar-refractivity contribution >= 4 is 0 Å². The van der Waals surface area contributed by atoms with E-state index in [0.29, 0.717) is 0 Å². The molecule has 0 saturated carbocycles. The number of aryl methyl sites for hydroxylation is 1. The Labute approximate surface area is 113 Å². The SMILES string of the molecule is C=CCCc1ccc(C#Cc2ccc(F)cc2)cc1. The molecular formula is C18H15F. The van der Waals surface area contributed by atoms with E-state index in [9.17, 15) is 4.39 Å². The normalized spacial score (nSPS) is 9.53. The van der Waals surface area contributed by atoms with E-state index in [1.807, 2.05) is 18.2 Å². The van der Waals surface area contributed by atoms with Gasteiger partial charge in [0.05, 0.1) is 0 Å². The molecule has 0 saturated heterocycles. The summed E-state index contributed by atoms with van der Waals surface area (Å²) in [5.74, 6) is 5.85. The van der Waals surface area contributed by atoms with Crippen molar-refractivity contribution < 1.29 is 4.39 Å². The molecule has 94 valence electrons. The number of halogens is 1. The third-order valence-electron chi connectivity index (χ3n) is 2.79. The fraction of sp³-hybridized carbons (Fsp3) is 0.111. The van der Waals surface area contributed by atoms with Crippen molar-refractivity contribution in [2.75, 3.05) is 0 Å². The highest BCUT2D eigenvalue weighted by atomic mass is 19.1. The van der Waals surface area contributed by atoms with Crippen LogP contribution in [0, 0.1) is 17.7 Å². The van der Waals surface area contributed by atoms with Gasteiger partial charge in [-0.1, -0.05) is 30.0 Å². The summed E-state index contributed by atoms with van der Waals surface area (Å²) in [6, 6.07) is 14.4. The molecule has 0 radical (unpaired) electrons. The van der Waals surface area contributed by atoms with Gasteiger partial charge in [-0.3, -0.25) is 0 Å². The van der Waals surface area contributed by atoms with Gasteiger partial charge in [-0.2, -0.15) is 0 Å². The minimum Gasteiger partial charge on any atom is -0.207 e. The monoisotopic (exact) mass is 250 g/mol. The molecule has 0 N–H and O–H groups in total. The van der Waals surface area contributed by atoms with Gasteiger partial charge in [0.15, 0.2) is 0 Å². The first kappa shape index (κ1) is 13.1. The molecule has 0 aromatic heterocycles. The lowest BCUT2D eigenvalue weighted by molar-refractivity contribution is 0.627. The Kier molecular flexibility index (Phi) is 4.53. The fourth-order valence-corrected chi connectivity index (χ4v) is 1.70. The molecule has 19 heavy (non-hydrogen) atoms. The predicted molar refractivity (Wildman–Crippen MR) is 77.3 cm³/mol. The molecule has 0 heterocycles. The number of benzene rings is 2. The molecule has 0 bridgehead atoms. The molecule has 0 amide bonds. The Morgan fingerprint density at radius 2 is 1.42 bits per heavy atom. The zero-order valence-corrected chi connectivity index (χ0v) is 10.7. The largest absolute Gasteiger partial charge is 0.207 e. The van der Waals surface area contributed by atoms with E-state index < -0.39 is 0 Å². The van der Waals surface area contributed by atoms with Crippen molar-refractivity contribution in [3.05, 3.63) is 83.7 Å². The Balaban J connectivity index is 2.07. The third kappa shape index (κ3) is 4.12. The standard InChI is InChI=1S/C18H15F/c1-2-3-4-15-5-7-16(8-6-15)9-10-17-11-13-18(19)14-12-17/h2,5-8,11-14H,1,3-4H2. The maximum absolute atomic E-state index is 12.7. The molecule has 1 heteroatoms. The van der Waals surface area contributed by atoms with E-state index >= 15 is 0 Å². The lowest BCUT2D eigenvalue weighted by Gasteiger charge is -1.98. The van der Waals surface area contributed by atoms with Gasteiger partial charge in [0, 0.05) is 11.1 Å². The second kappa shape index (κ2) is 6.56. The quantitative estimate of drug-likeness (QED) is 0.561. The number of hydrogen-bond donors (Lipinski definition) is 0. The fourth-order valence-electron chi connectivity index (χ4n) is 1.70. The number of allylic oxidation sites excluding steroid dienone is 1. The summed E-state index contributed by atoms with van der Waals surface area (Å²) in [6.45, 7) is 3.71. The van der Waals surface area contributed by atoms with Gasteiger partial charge in [-0.05, 0) is 54.8 Å². The topological polar surface area (TPSA) is 0 Å². The van der Waals surface area contributed by atoms with Gasteiger partial charge in [0.2, 0.25) is 0 Å². The van der Waals surface area contributed by atoms with Crippen molar-refractivity contribution in [2.45, 2.75) is 12.8 Å². The van der Waals surface area contributed by atoms with Crippen LogP contribution in [0.1, 0.15) is 23.1 Å². The molecule has 0 atom stereocenters. The van der Waals surface area contributed by atoms with Crippen LogP contribution in [0.5, 0.6) is 0 Å². The zero-order chi connectivity index (χ0) is 13.5. The average Bonchev–Trinajstić information content (AvgIpc) is 2.46. The lowest BCUT2D eigenvalue weighted by Crippen LogP contribution is -1.83. The van der Waals surface area contributed by atoms with Crippen LogP contribution in [0.25, 0.3) is 0 Å². The maximum atomic E-state index is 12.7. The van der Waals surface area contributed by atoms with E-state index in [1.165, 1.54) is 17.7 Å². The van der Waals surface area contributed by atoms with Crippen molar-refractivity contribution in [1.82, 2.24) is 0 Å². The second-order valence-corrected chi connectivity index (χ2v) is 4.28. The Morgan fingerprint density at radius 1 is 0.895 bits per heavy atom. The highest BCUT2D eigenvalue weighted by molar-refractivity contribution is 5.43. The summed E-state index contributed by atoms with van der Waals surface area (Å²) in [5.41, 5.74) is 3.07. The number of hydrogen-bond acceptors (Lipinski definition) is 0. The van der Waals surface area contributed by atoms with Crippen LogP contribution in [-0.2, 0) is 6.42 Å². The van der Waals surface area contributed by atoms with Crippen LogP contribution < -0.4 is 0 Å². The first-order valence-corrected chi connectivity index (χ1v) is 6.25. The van der Waals surface area contributed by atoms with Crippen LogP contribution in [-0.4, -0.2) is 0 Å². The lowest BCUT2D eigenvalue weighted by atomic mass is 10.1. The van der Waals surface area contributed by atoms with Gasteiger partial charge >= 0.3 is 0 Å². The van der Waals surface area contributed by atoms with Crippen LogP contribution in [0.15, 0.2) is 61.2 Å².